The van der Waals surface area contributed by atoms with E-state index in [0.29, 0.717) is 16.6 Å². The van der Waals surface area contributed by atoms with E-state index < -0.39 is 0 Å². The van der Waals surface area contributed by atoms with Crippen LogP contribution in [0, 0.1) is 0 Å². The number of rotatable bonds is 3. The summed E-state index contributed by atoms with van der Waals surface area (Å²) in [5.74, 6) is 0. The van der Waals surface area contributed by atoms with Crippen molar-refractivity contribution in [2.24, 2.45) is 0 Å². The van der Waals surface area contributed by atoms with E-state index >= 15 is 0 Å². The van der Waals surface area contributed by atoms with Crippen LogP contribution in [0.4, 0.5) is 11.4 Å². The molecule has 2 nitrogen and oxygen atoms in total. The zero-order chi connectivity index (χ0) is 12.3. The molecule has 2 aromatic carbocycles. The first kappa shape index (κ1) is 12.1. The zero-order valence-corrected chi connectivity index (χ0v) is 10.6. The Kier molecular flexibility index (Phi) is 3.77. The van der Waals surface area contributed by atoms with Crippen LogP contribution in [0.1, 0.15) is 5.56 Å². The van der Waals surface area contributed by atoms with E-state index in [0.717, 1.165) is 16.9 Å². The minimum Gasteiger partial charge on any atom is -0.399 e. The number of hydrogen-bond acceptors (Lipinski definition) is 2. The Bertz CT molecular complexity index is 527. The Morgan fingerprint density at radius 3 is 2.53 bits per heavy atom. The van der Waals surface area contributed by atoms with Gasteiger partial charge in [-0.15, -0.1) is 0 Å². The van der Waals surface area contributed by atoms with Gasteiger partial charge >= 0.3 is 0 Å². The predicted molar refractivity (Wildman–Crippen MR) is 74.6 cm³/mol. The molecule has 0 saturated carbocycles. The molecule has 0 aliphatic heterocycles. The lowest BCUT2D eigenvalue weighted by Gasteiger charge is -2.08. The fourth-order valence-corrected chi connectivity index (χ4v) is 1.81. The highest BCUT2D eigenvalue weighted by molar-refractivity contribution is 6.42. The number of nitrogens with two attached hydrogens (primary N) is 1. The van der Waals surface area contributed by atoms with Crippen molar-refractivity contribution in [2.75, 3.05) is 11.1 Å². The Morgan fingerprint density at radius 1 is 1.00 bits per heavy atom. The van der Waals surface area contributed by atoms with Crippen molar-refractivity contribution < 1.29 is 0 Å². The number of halogens is 2. The molecule has 0 atom stereocenters. The standard InChI is InChI=1S/C13H12Cl2N2/c14-12-5-4-11(7-13(12)15)17-8-9-2-1-3-10(16)6-9/h1-7,17H,8,16H2. The topological polar surface area (TPSA) is 38.0 Å². The number of nitrogens with one attached hydrogen (secondary N) is 1. The fourth-order valence-electron chi connectivity index (χ4n) is 1.51. The van der Waals surface area contributed by atoms with Gasteiger partial charge in [0.05, 0.1) is 10.0 Å². The van der Waals surface area contributed by atoms with E-state index in [-0.39, 0.29) is 0 Å². The van der Waals surface area contributed by atoms with Crippen LogP contribution in [0.5, 0.6) is 0 Å². The first-order chi connectivity index (χ1) is 8.15. The molecule has 0 heterocycles. The Morgan fingerprint density at radius 2 is 1.82 bits per heavy atom. The van der Waals surface area contributed by atoms with Gasteiger partial charge in [0.15, 0.2) is 0 Å². The number of hydrogen-bond donors (Lipinski definition) is 2. The van der Waals surface area contributed by atoms with Gasteiger partial charge in [-0.3, -0.25) is 0 Å². The molecule has 0 radical (unpaired) electrons. The lowest BCUT2D eigenvalue weighted by molar-refractivity contribution is 1.15. The summed E-state index contributed by atoms with van der Waals surface area (Å²) in [6.07, 6.45) is 0. The maximum absolute atomic E-state index is 5.93. The van der Waals surface area contributed by atoms with Crippen LogP contribution < -0.4 is 11.1 Å². The van der Waals surface area contributed by atoms with E-state index in [4.69, 9.17) is 28.9 Å². The van der Waals surface area contributed by atoms with Crippen molar-refractivity contribution in [3.8, 4) is 0 Å². The highest BCUT2D eigenvalue weighted by atomic mass is 35.5. The summed E-state index contributed by atoms with van der Waals surface area (Å²) in [7, 11) is 0. The van der Waals surface area contributed by atoms with Crippen LogP contribution in [0.15, 0.2) is 42.5 Å². The molecule has 0 aliphatic rings. The third kappa shape index (κ3) is 3.29. The molecule has 88 valence electrons. The van der Waals surface area contributed by atoms with Crippen molar-refractivity contribution in [1.82, 2.24) is 0 Å². The van der Waals surface area contributed by atoms with Gasteiger partial charge in [0.1, 0.15) is 0 Å². The molecule has 2 aromatic rings. The highest BCUT2D eigenvalue weighted by Crippen LogP contribution is 2.25. The fraction of sp³-hybridized carbons (Fsp3) is 0.0769. The number of nitrogen functional groups attached to an aromatic ring is 1. The zero-order valence-electron chi connectivity index (χ0n) is 9.08. The lowest BCUT2D eigenvalue weighted by atomic mass is 10.2. The van der Waals surface area contributed by atoms with E-state index in [2.05, 4.69) is 5.32 Å². The van der Waals surface area contributed by atoms with Crippen LogP contribution in [0.2, 0.25) is 10.0 Å². The van der Waals surface area contributed by atoms with Gasteiger partial charge in [0.2, 0.25) is 0 Å². The van der Waals surface area contributed by atoms with Crippen molar-refractivity contribution in [1.29, 1.82) is 0 Å². The Balaban J connectivity index is 2.05. The minimum atomic E-state index is 0.546. The molecule has 4 heteroatoms. The van der Waals surface area contributed by atoms with Crippen LogP contribution in [-0.2, 0) is 6.54 Å². The smallest absolute Gasteiger partial charge is 0.0612 e. The molecule has 0 bridgehead atoms. The second-order valence-electron chi connectivity index (χ2n) is 3.73. The summed E-state index contributed by atoms with van der Waals surface area (Å²) in [6.45, 7) is 0.697. The van der Waals surface area contributed by atoms with E-state index in [1.54, 1.807) is 12.1 Å². The van der Waals surface area contributed by atoms with E-state index in [9.17, 15) is 0 Å². The van der Waals surface area contributed by atoms with Crippen LogP contribution in [0.3, 0.4) is 0 Å². The molecule has 0 spiro atoms. The molecule has 17 heavy (non-hydrogen) atoms. The van der Waals surface area contributed by atoms with E-state index in [1.165, 1.54) is 0 Å². The molecule has 0 aliphatic carbocycles. The number of anilines is 2. The molecule has 3 N–H and O–H groups in total. The van der Waals surface area contributed by atoms with E-state index in [1.807, 2.05) is 30.3 Å². The third-order valence-corrected chi connectivity index (χ3v) is 3.11. The SMILES string of the molecule is Nc1cccc(CNc2ccc(Cl)c(Cl)c2)c1. The first-order valence-electron chi connectivity index (χ1n) is 5.18. The molecule has 2 rings (SSSR count). The normalized spacial score (nSPS) is 10.2. The van der Waals surface area contributed by atoms with Crippen molar-refractivity contribution >= 4 is 34.6 Å². The Hall–Kier alpha value is -1.38. The summed E-state index contributed by atoms with van der Waals surface area (Å²) in [4.78, 5) is 0. The van der Waals surface area contributed by atoms with Gasteiger partial charge in [0.25, 0.3) is 0 Å². The summed E-state index contributed by atoms with van der Waals surface area (Å²) in [5.41, 5.74) is 8.52. The molecule has 0 amide bonds. The third-order valence-electron chi connectivity index (χ3n) is 2.37. The lowest BCUT2D eigenvalue weighted by Crippen LogP contribution is -1.99. The maximum Gasteiger partial charge on any atom is 0.0612 e. The Labute approximate surface area is 110 Å². The predicted octanol–water partition coefficient (Wildman–Crippen LogP) is 4.19. The van der Waals surface area contributed by atoms with Crippen molar-refractivity contribution in [3.63, 3.8) is 0 Å². The average Bonchev–Trinajstić information content (AvgIpc) is 2.31. The highest BCUT2D eigenvalue weighted by Gasteiger charge is 1.99. The molecule has 0 aromatic heterocycles. The first-order valence-corrected chi connectivity index (χ1v) is 5.94. The minimum absolute atomic E-state index is 0.546. The van der Waals surface area contributed by atoms with Gasteiger partial charge in [0, 0.05) is 17.9 Å². The maximum atomic E-state index is 5.93. The largest absolute Gasteiger partial charge is 0.399 e. The van der Waals surface area contributed by atoms with Crippen molar-refractivity contribution in [3.05, 3.63) is 58.1 Å². The number of benzene rings is 2. The molecular weight excluding hydrogens is 255 g/mol. The second kappa shape index (κ2) is 5.30. The van der Waals surface area contributed by atoms with Crippen LogP contribution in [-0.4, -0.2) is 0 Å². The van der Waals surface area contributed by atoms with Gasteiger partial charge in [-0.25, -0.2) is 0 Å². The summed E-state index contributed by atoms with van der Waals surface area (Å²) < 4.78 is 0. The summed E-state index contributed by atoms with van der Waals surface area (Å²) in [5, 5.41) is 4.36. The molecule has 0 unspecified atom stereocenters. The van der Waals surface area contributed by atoms with Crippen LogP contribution in [0.25, 0.3) is 0 Å². The summed E-state index contributed by atoms with van der Waals surface area (Å²) >= 11 is 11.8. The van der Waals surface area contributed by atoms with Crippen LogP contribution >= 0.6 is 23.2 Å². The van der Waals surface area contributed by atoms with Gasteiger partial charge in [-0.1, -0.05) is 35.3 Å². The monoisotopic (exact) mass is 266 g/mol. The van der Waals surface area contributed by atoms with Crippen molar-refractivity contribution in [2.45, 2.75) is 6.54 Å². The molecule has 0 fully saturated rings. The molecule has 0 saturated heterocycles. The quantitative estimate of drug-likeness (QED) is 0.818. The second-order valence-corrected chi connectivity index (χ2v) is 4.54. The van der Waals surface area contributed by atoms with Gasteiger partial charge < -0.3 is 11.1 Å². The molecular formula is C13H12Cl2N2. The summed E-state index contributed by atoms with van der Waals surface area (Å²) in [6, 6.07) is 13.2. The van der Waals surface area contributed by atoms with Gasteiger partial charge in [-0.05, 0) is 35.9 Å². The van der Waals surface area contributed by atoms with Gasteiger partial charge in [-0.2, -0.15) is 0 Å². The average molecular weight is 267 g/mol.